The molecule has 1 atom stereocenters. The molecule has 0 unspecified atom stereocenters. The number of carbonyl (C=O) groups excluding carboxylic acids is 3. The number of ether oxygens (including phenoxy) is 1. The number of primary amides is 1. The molecule has 0 aliphatic carbocycles. The maximum absolute atomic E-state index is 12.8. The molecule has 0 radical (unpaired) electrons. The van der Waals surface area contributed by atoms with E-state index in [9.17, 15) is 14.4 Å². The highest BCUT2D eigenvalue weighted by Gasteiger charge is 2.41. The first kappa shape index (κ1) is 25.9. The molecule has 2 aliphatic heterocycles. The van der Waals surface area contributed by atoms with E-state index < -0.39 is 6.04 Å². The molecule has 0 saturated carbocycles. The predicted molar refractivity (Wildman–Crippen MR) is 134 cm³/mol. The summed E-state index contributed by atoms with van der Waals surface area (Å²) >= 11 is 5.48. The van der Waals surface area contributed by atoms with Gasteiger partial charge in [0.15, 0.2) is 5.11 Å². The summed E-state index contributed by atoms with van der Waals surface area (Å²) in [5.41, 5.74) is 6.06. The highest BCUT2D eigenvalue weighted by atomic mass is 32.1. The zero-order valence-electron chi connectivity index (χ0n) is 20.0. The Hall–Kier alpha value is -2.72. The minimum absolute atomic E-state index is 0.0292. The second-order valence-corrected chi connectivity index (χ2v) is 9.25. The van der Waals surface area contributed by atoms with Gasteiger partial charge in [0.1, 0.15) is 11.8 Å². The van der Waals surface area contributed by atoms with Gasteiger partial charge in [0.05, 0.1) is 13.0 Å². The van der Waals surface area contributed by atoms with Gasteiger partial charge in [0.25, 0.3) is 5.91 Å². The molecule has 2 saturated heterocycles. The minimum Gasteiger partial charge on any atom is -0.494 e. The maximum Gasteiger partial charge on any atom is 0.251 e. The maximum atomic E-state index is 12.8. The van der Waals surface area contributed by atoms with E-state index in [1.807, 2.05) is 24.0 Å². The number of nitrogens with one attached hydrogen (secondary N) is 1. The quantitative estimate of drug-likeness (QED) is 0.457. The van der Waals surface area contributed by atoms with Crippen LogP contribution >= 0.6 is 12.2 Å². The van der Waals surface area contributed by atoms with Gasteiger partial charge in [-0.15, -0.1) is 0 Å². The fourth-order valence-electron chi connectivity index (χ4n) is 4.37. The Morgan fingerprint density at radius 2 is 1.85 bits per heavy atom. The van der Waals surface area contributed by atoms with Crippen LogP contribution in [0.2, 0.25) is 0 Å². The molecule has 3 N–H and O–H groups in total. The lowest BCUT2D eigenvalue weighted by Crippen LogP contribution is -2.41. The van der Waals surface area contributed by atoms with Gasteiger partial charge in [0, 0.05) is 25.2 Å². The van der Waals surface area contributed by atoms with Crippen LogP contribution in [0.4, 0.5) is 5.69 Å². The third-order valence-corrected chi connectivity index (χ3v) is 6.89. The van der Waals surface area contributed by atoms with Gasteiger partial charge in [-0.2, -0.15) is 0 Å². The van der Waals surface area contributed by atoms with Crippen molar-refractivity contribution in [1.29, 1.82) is 0 Å². The fraction of sp³-hybridized carbons (Fsp3) is 0.583. The fourth-order valence-corrected chi connectivity index (χ4v) is 4.68. The van der Waals surface area contributed by atoms with Crippen molar-refractivity contribution in [2.45, 2.75) is 45.1 Å². The molecule has 3 amide bonds. The van der Waals surface area contributed by atoms with Crippen LogP contribution in [0.3, 0.4) is 0 Å². The standard InChI is InChI=1S/C24H35N5O4S/c1-3-15-33-19-7-5-18(6-8-19)26-21(30)16-20-23(32)27(2)24(34)29(20)12-4-11-28-13-9-17(10-14-28)22(25)31/h5-8,17,20H,3-4,9-16H2,1-2H3,(H2,25,31)(H,26,30)/t20-/m1/s1. The molecule has 9 nitrogen and oxygen atoms in total. The van der Waals surface area contributed by atoms with Gasteiger partial charge in [-0.05, 0) is 81.8 Å². The van der Waals surface area contributed by atoms with Crippen molar-refractivity contribution in [1.82, 2.24) is 14.7 Å². The number of nitrogens with zero attached hydrogens (tertiary/aromatic N) is 3. The molecule has 2 fully saturated rings. The van der Waals surface area contributed by atoms with Crippen molar-refractivity contribution in [2.75, 3.05) is 45.2 Å². The minimum atomic E-state index is -0.606. The van der Waals surface area contributed by atoms with E-state index in [-0.39, 0.29) is 30.1 Å². The lowest BCUT2D eigenvalue weighted by atomic mass is 9.96. The number of benzene rings is 1. The van der Waals surface area contributed by atoms with Crippen molar-refractivity contribution in [3.63, 3.8) is 0 Å². The average molecular weight is 490 g/mol. The Morgan fingerprint density at radius 3 is 2.47 bits per heavy atom. The third-order valence-electron chi connectivity index (χ3n) is 6.38. The van der Waals surface area contributed by atoms with Crippen LogP contribution in [0.25, 0.3) is 0 Å². The highest BCUT2D eigenvalue weighted by Crippen LogP contribution is 2.22. The molecule has 0 spiro atoms. The first-order valence-corrected chi connectivity index (χ1v) is 12.3. The lowest BCUT2D eigenvalue weighted by molar-refractivity contribution is -0.130. The number of likely N-dealkylation sites (N-methyl/N-ethyl adjacent to an activating group) is 1. The van der Waals surface area contributed by atoms with Crippen LogP contribution in [0.15, 0.2) is 24.3 Å². The summed E-state index contributed by atoms with van der Waals surface area (Å²) in [7, 11) is 1.65. The van der Waals surface area contributed by atoms with Crippen LogP contribution in [0.5, 0.6) is 5.75 Å². The van der Waals surface area contributed by atoms with Crippen LogP contribution in [-0.2, 0) is 14.4 Å². The molecular formula is C24H35N5O4S. The number of carbonyl (C=O) groups is 3. The first-order chi connectivity index (χ1) is 16.3. The van der Waals surface area contributed by atoms with Gasteiger partial charge < -0.3 is 25.6 Å². The van der Waals surface area contributed by atoms with Crippen molar-refractivity contribution in [2.24, 2.45) is 11.7 Å². The van der Waals surface area contributed by atoms with E-state index in [4.69, 9.17) is 22.7 Å². The van der Waals surface area contributed by atoms with Gasteiger partial charge in [0.2, 0.25) is 11.8 Å². The second-order valence-electron chi connectivity index (χ2n) is 8.89. The summed E-state index contributed by atoms with van der Waals surface area (Å²) in [6, 6.07) is 6.59. The molecule has 1 aromatic carbocycles. The Labute approximate surface area is 206 Å². The van der Waals surface area contributed by atoms with Gasteiger partial charge in [-0.25, -0.2) is 0 Å². The van der Waals surface area contributed by atoms with Crippen LogP contribution in [0, 0.1) is 5.92 Å². The number of likely N-dealkylation sites (tertiary alicyclic amines) is 1. The summed E-state index contributed by atoms with van der Waals surface area (Å²) in [5, 5.41) is 3.31. The second kappa shape index (κ2) is 12.1. The molecule has 186 valence electrons. The largest absolute Gasteiger partial charge is 0.494 e. The number of piperidine rings is 1. The number of rotatable bonds is 11. The summed E-state index contributed by atoms with van der Waals surface area (Å²) in [5.74, 6) is 0.105. The highest BCUT2D eigenvalue weighted by molar-refractivity contribution is 7.80. The van der Waals surface area contributed by atoms with Crippen molar-refractivity contribution >= 4 is 40.7 Å². The Bertz CT molecular complexity index is 886. The van der Waals surface area contributed by atoms with Crippen molar-refractivity contribution < 1.29 is 19.1 Å². The molecule has 2 heterocycles. The van der Waals surface area contributed by atoms with E-state index in [1.54, 1.807) is 19.2 Å². The Balaban J connectivity index is 1.50. The van der Waals surface area contributed by atoms with Crippen LogP contribution in [-0.4, -0.2) is 83.4 Å². The summed E-state index contributed by atoms with van der Waals surface area (Å²) < 4.78 is 5.56. The topological polar surface area (TPSA) is 108 Å². The van der Waals surface area contributed by atoms with Gasteiger partial charge >= 0.3 is 0 Å². The number of amides is 3. The lowest BCUT2D eigenvalue weighted by Gasteiger charge is -2.31. The zero-order chi connectivity index (χ0) is 24.7. The molecule has 34 heavy (non-hydrogen) atoms. The molecule has 10 heteroatoms. The molecule has 0 bridgehead atoms. The number of thiocarbonyl (C=S) groups is 1. The molecule has 2 aliphatic rings. The monoisotopic (exact) mass is 489 g/mol. The third kappa shape index (κ3) is 6.66. The number of nitrogens with two attached hydrogens (primary N) is 1. The van der Waals surface area contributed by atoms with Crippen molar-refractivity contribution in [3.05, 3.63) is 24.3 Å². The van der Waals surface area contributed by atoms with Gasteiger partial charge in [-0.3, -0.25) is 19.3 Å². The summed E-state index contributed by atoms with van der Waals surface area (Å²) in [4.78, 5) is 42.4. The number of anilines is 1. The number of hydrogen-bond donors (Lipinski definition) is 2. The molecule has 0 aromatic heterocycles. The van der Waals surface area contributed by atoms with Crippen LogP contribution in [0.1, 0.15) is 39.0 Å². The molecular weight excluding hydrogens is 454 g/mol. The van der Waals surface area contributed by atoms with E-state index in [2.05, 4.69) is 10.2 Å². The normalized spacial score (nSPS) is 19.5. The van der Waals surface area contributed by atoms with E-state index in [0.29, 0.717) is 24.0 Å². The molecule has 1 aromatic rings. The predicted octanol–water partition coefficient (Wildman–Crippen LogP) is 1.82. The summed E-state index contributed by atoms with van der Waals surface area (Å²) in [6.07, 6.45) is 3.33. The average Bonchev–Trinajstić information content (AvgIpc) is 3.02. The Morgan fingerprint density at radius 1 is 1.18 bits per heavy atom. The van der Waals surface area contributed by atoms with Crippen LogP contribution < -0.4 is 15.8 Å². The zero-order valence-corrected chi connectivity index (χ0v) is 20.8. The number of hydrogen-bond acceptors (Lipinski definition) is 6. The smallest absolute Gasteiger partial charge is 0.251 e. The Kier molecular flexibility index (Phi) is 9.23. The van der Waals surface area contributed by atoms with E-state index in [1.165, 1.54) is 4.90 Å². The SMILES string of the molecule is CCCOc1ccc(NC(=O)C[C@@H]2C(=O)N(C)C(=S)N2CCCN2CCC(C(N)=O)CC2)cc1. The van der Waals surface area contributed by atoms with Gasteiger partial charge in [-0.1, -0.05) is 6.92 Å². The van der Waals surface area contributed by atoms with E-state index >= 15 is 0 Å². The van der Waals surface area contributed by atoms with E-state index in [0.717, 1.165) is 51.1 Å². The molecule has 3 rings (SSSR count). The first-order valence-electron chi connectivity index (χ1n) is 11.9. The van der Waals surface area contributed by atoms with Crippen molar-refractivity contribution in [3.8, 4) is 5.75 Å². The summed E-state index contributed by atoms with van der Waals surface area (Å²) in [6.45, 7) is 5.79.